The largest absolute Gasteiger partial charge is 0.389 e. The molecule has 0 radical (unpaired) electrons. The lowest BCUT2D eigenvalue weighted by Crippen LogP contribution is -2.30. The third kappa shape index (κ3) is 8.57. The minimum Gasteiger partial charge on any atom is -0.389 e. The van der Waals surface area contributed by atoms with Gasteiger partial charge in [-0.2, -0.15) is 0 Å². The van der Waals surface area contributed by atoms with Crippen LogP contribution in [0.15, 0.2) is 12.1 Å². The van der Waals surface area contributed by atoms with Crippen LogP contribution in [0.1, 0.15) is 49.3 Å². The Balaban J connectivity index is 2.06. The number of unbranched alkanes of at least 4 members (excludes halogenated alkanes) is 1. The molecule has 3 nitrogen and oxygen atoms in total. The zero-order valence-corrected chi connectivity index (χ0v) is 14.5. The molecular formula is C17H31NO2S. The minimum atomic E-state index is -0.422. The van der Waals surface area contributed by atoms with Gasteiger partial charge in [0.1, 0.15) is 0 Å². The summed E-state index contributed by atoms with van der Waals surface area (Å²) in [6, 6.07) is 4.26. The van der Waals surface area contributed by atoms with Gasteiger partial charge < -0.3 is 15.2 Å². The third-order valence-electron chi connectivity index (χ3n) is 3.68. The van der Waals surface area contributed by atoms with Gasteiger partial charge in [-0.25, -0.2) is 0 Å². The van der Waals surface area contributed by atoms with Crippen molar-refractivity contribution in [2.75, 3.05) is 19.8 Å². The fourth-order valence-electron chi connectivity index (χ4n) is 2.27. The molecule has 0 fully saturated rings. The van der Waals surface area contributed by atoms with Gasteiger partial charge in [0.05, 0.1) is 12.7 Å². The van der Waals surface area contributed by atoms with E-state index >= 15 is 0 Å². The van der Waals surface area contributed by atoms with Gasteiger partial charge in [0.2, 0.25) is 0 Å². The first-order chi connectivity index (χ1) is 10.2. The van der Waals surface area contributed by atoms with Crippen molar-refractivity contribution >= 4 is 11.3 Å². The zero-order chi connectivity index (χ0) is 15.5. The molecule has 1 aromatic heterocycles. The lowest BCUT2D eigenvalue weighted by atomic mass is 10.0. The van der Waals surface area contributed by atoms with Crippen molar-refractivity contribution in [2.24, 2.45) is 5.92 Å². The van der Waals surface area contributed by atoms with Crippen LogP contribution in [0.3, 0.4) is 0 Å². The van der Waals surface area contributed by atoms with Crippen LogP contribution in [0.25, 0.3) is 0 Å². The van der Waals surface area contributed by atoms with E-state index in [0.29, 0.717) is 19.1 Å². The van der Waals surface area contributed by atoms with Crippen LogP contribution < -0.4 is 5.32 Å². The van der Waals surface area contributed by atoms with Gasteiger partial charge in [-0.15, -0.1) is 11.3 Å². The van der Waals surface area contributed by atoms with Crippen molar-refractivity contribution in [3.8, 4) is 0 Å². The number of hydrogen-bond acceptors (Lipinski definition) is 4. The van der Waals surface area contributed by atoms with Crippen LogP contribution in [0.5, 0.6) is 0 Å². The highest BCUT2D eigenvalue weighted by atomic mass is 32.1. The van der Waals surface area contributed by atoms with E-state index in [2.05, 4.69) is 38.2 Å². The maximum Gasteiger partial charge on any atom is 0.0897 e. The van der Waals surface area contributed by atoms with Crippen molar-refractivity contribution in [1.82, 2.24) is 5.32 Å². The fourth-order valence-corrected chi connectivity index (χ4v) is 3.13. The van der Waals surface area contributed by atoms with Crippen molar-refractivity contribution in [1.29, 1.82) is 0 Å². The van der Waals surface area contributed by atoms with E-state index in [-0.39, 0.29) is 0 Å². The SMILES string of the molecule is CCCCC(CC)COCC(O)CNCc1ccc(C)s1. The molecular weight excluding hydrogens is 282 g/mol. The van der Waals surface area contributed by atoms with Crippen LogP contribution in [-0.4, -0.2) is 31.0 Å². The number of ether oxygens (including phenoxy) is 1. The number of aliphatic hydroxyl groups is 1. The molecule has 0 aliphatic carbocycles. The summed E-state index contributed by atoms with van der Waals surface area (Å²) in [5.41, 5.74) is 0. The van der Waals surface area contributed by atoms with Crippen LogP contribution in [0.4, 0.5) is 0 Å². The summed E-state index contributed by atoms with van der Waals surface area (Å²) in [5, 5.41) is 13.2. The lowest BCUT2D eigenvalue weighted by Gasteiger charge is -2.17. The van der Waals surface area contributed by atoms with Crippen molar-refractivity contribution < 1.29 is 9.84 Å². The number of thiophene rings is 1. The molecule has 2 unspecified atom stereocenters. The maximum absolute atomic E-state index is 9.91. The second-order valence-electron chi connectivity index (χ2n) is 5.75. The smallest absolute Gasteiger partial charge is 0.0897 e. The second kappa shape index (κ2) is 11.2. The molecule has 2 atom stereocenters. The highest BCUT2D eigenvalue weighted by Crippen LogP contribution is 2.14. The van der Waals surface area contributed by atoms with E-state index in [4.69, 9.17) is 4.74 Å². The van der Waals surface area contributed by atoms with Crippen molar-refractivity contribution in [2.45, 2.75) is 59.1 Å². The number of rotatable bonds is 12. The Labute approximate surface area is 133 Å². The molecule has 1 heterocycles. The van der Waals surface area contributed by atoms with Gasteiger partial charge >= 0.3 is 0 Å². The molecule has 1 rings (SSSR count). The van der Waals surface area contributed by atoms with E-state index in [9.17, 15) is 5.11 Å². The monoisotopic (exact) mass is 313 g/mol. The molecule has 21 heavy (non-hydrogen) atoms. The Morgan fingerprint density at radius 3 is 2.71 bits per heavy atom. The first-order valence-corrected chi connectivity index (χ1v) is 8.99. The Bertz CT molecular complexity index is 367. The van der Waals surface area contributed by atoms with Gasteiger partial charge in [-0.3, -0.25) is 0 Å². The molecule has 4 heteroatoms. The van der Waals surface area contributed by atoms with Gasteiger partial charge in [-0.1, -0.05) is 33.1 Å². The van der Waals surface area contributed by atoms with E-state index in [1.165, 1.54) is 29.0 Å². The van der Waals surface area contributed by atoms with Gasteiger partial charge in [0.25, 0.3) is 0 Å². The van der Waals surface area contributed by atoms with E-state index in [0.717, 1.165) is 19.6 Å². The molecule has 2 N–H and O–H groups in total. The Morgan fingerprint density at radius 1 is 1.29 bits per heavy atom. The van der Waals surface area contributed by atoms with Crippen LogP contribution in [-0.2, 0) is 11.3 Å². The quantitative estimate of drug-likeness (QED) is 0.617. The average Bonchev–Trinajstić information content (AvgIpc) is 2.88. The highest BCUT2D eigenvalue weighted by molar-refractivity contribution is 7.11. The van der Waals surface area contributed by atoms with Crippen LogP contribution in [0, 0.1) is 12.8 Å². The van der Waals surface area contributed by atoms with Crippen molar-refractivity contribution in [3.05, 3.63) is 21.9 Å². The molecule has 0 aliphatic heterocycles. The van der Waals surface area contributed by atoms with Crippen molar-refractivity contribution in [3.63, 3.8) is 0 Å². The first kappa shape index (κ1) is 18.6. The van der Waals surface area contributed by atoms with E-state index in [1.807, 2.05) is 0 Å². The summed E-state index contributed by atoms with van der Waals surface area (Å²) >= 11 is 1.80. The molecule has 122 valence electrons. The molecule has 0 saturated heterocycles. The molecule has 1 aromatic rings. The number of aryl methyl sites for hydroxylation is 1. The maximum atomic E-state index is 9.91. The Kier molecular flexibility index (Phi) is 9.92. The standard InChI is InChI=1S/C17H31NO2S/c1-4-6-7-15(5-2)12-20-13-16(19)10-18-11-17-9-8-14(3)21-17/h8-9,15-16,18-19H,4-7,10-13H2,1-3H3. The first-order valence-electron chi connectivity index (χ1n) is 8.17. The molecule has 0 aliphatic rings. The minimum absolute atomic E-state index is 0.422. The lowest BCUT2D eigenvalue weighted by molar-refractivity contribution is 0.0193. The Morgan fingerprint density at radius 2 is 2.10 bits per heavy atom. The van der Waals surface area contributed by atoms with E-state index in [1.54, 1.807) is 11.3 Å². The van der Waals surface area contributed by atoms with Crippen LogP contribution in [0.2, 0.25) is 0 Å². The van der Waals surface area contributed by atoms with Crippen LogP contribution >= 0.6 is 11.3 Å². The number of nitrogens with one attached hydrogen (secondary N) is 1. The molecule has 0 spiro atoms. The molecule has 0 saturated carbocycles. The van der Waals surface area contributed by atoms with Gasteiger partial charge in [-0.05, 0) is 31.4 Å². The topological polar surface area (TPSA) is 41.5 Å². The summed E-state index contributed by atoms with van der Waals surface area (Å²) < 4.78 is 5.67. The Hall–Kier alpha value is -0.420. The molecule has 0 amide bonds. The zero-order valence-electron chi connectivity index (χ0n) is 13.7. The predicted molar refractivity (Wildman–Crippen MR) is 90.9 cm³/mol. The predicted octanol–water partition coefficient (Wildman–Crippen LogP) is 3.74. The summed E-state index contributed by atoms with van der Waals surface area (Å²) in [6.45, 7) is 9.16. The second-order valence-corrected chi connectivity index (χ2v) is 7.12. The summed E-state index contributed by atoms with van der Waals surface area (Å²) in [5.74, 6) is 0.638. The summed E-state index contributed by atoms with van der Waals surface area (Å²) in [7, 11) is 0. The average molecular weight is 314 g/mol. The number of hydrogen-bond donors (Lipinski definition) is 2. The fraction of sp³-hybridized carbons (Fsp3) is 0.765. The normalized spacial score (nSPS) is 14.3. The molecule has 0 bridgehead atoms. The molecule has 0 aromatic carbocycles. The highest BCUT2D eigenvalue weighted by Gasteiger charge is 2.09. The van der Waals surface area contributed by atoms with Gasteiger partial charge in [0, 0.05) is 29.5 Å². The number of aliphatic hydroxyl groups excluding tert-OH is 1. The summed E-state index contributed by atoms with van der Waals surface area (Å²) in [4.78, 5) is 2.64. The van der Waals surface area contributed by atoms with Gasteiger partial charge in [0.15, 0.2) is 0 Å². The van der Waals surface area contributed by atoms with E-state index < -0.39 is 6.10 Å². The summed E-state index contributed by atoms with van der Waals surface area (Å²) in [6.07, 6.45) is 4.48. The third-order valence-corrected chi connectivity index (χ3v) is 4.68.